The molecule has 0 spiro atoms. The third-order valence-corrected chi connectivity index (χ3v) is 3.53. The van der Waals surface area contributed by atoms with Gasteiger partial charge in [0, 0.05) is 0 Å². The topological polar surface area (TPSA) is 78.4 Å². The smallest absolute Gasteiger partial charge is 0.363 e. The average Bonchev–Trinajstić information content (AvgIpc) is 2.44. The maximum Gasteiger partial charge on any atom is 0.450 e. The standard InChI is InChI=1S/C13H10F6N2O3/c14-12(15,16)9(22)7-8(6-4-2-1-3-5-6)20-10(23)21-11(7,24)13(17,18)19/h1-5,7-8,24H,(H2,20,21,23)/t7-,8-,11+/m1/s1. The minimum Gasteiger partial charge on any atom is -0.363 e. The van der Waals surface area contributed by atoms with Crippen LogP contribution in [0, 0.1) is 5.92 Å². The molecule has 132 valence electrons. The number of aliphatic hydroxyl groups is 1. The van der Waals surface area contributed by atoms with Gasteiger partial charge in [-0.15, -0.1) is 0 Å². The van der Waals surface area contributed by atoms with E-state index in [-0.39, 0.29) is 5.56 Å². The van der Waals surface area contributed by atoms with Crippen molar-refractivity contribution in [3.63, 3.8) is 0 Å². The fourth-order valence-electron chi connectivity index (χ4n) is 2.45. The fourth-order valence-corrected chi connectivity index (χ4v) is 2.45. The Balaban J connectivity index is 2.63. The van der Waals surface area contributed by atoms with E-state index in [0.29, 0.717) is 0 Å². The summed E-state index contributed by atoms with van der Waals surface area (Å²) in [6.45, 7) is 0. The summed E-state index contributed by atoms with van der Waals surface area (Å²) >= 11 is 0. The summed E-state index contributed by atoms with van der Waals surface area (Å²) in [5, 5.41) is 12.6. The summed E-state index contributed by atoms with van der Waals surface area (Å²) in [7, 11) is 0. The van der Waals surface area contributed by atoms with Gasteiger partial charge in [0.05, 0.1) is 6.04 Å². The summed E-state index contributed by atoms with van der Waals surface area (Å²) in [4.78, 5) is 23.0. The van der Waals surface area contributed by atoms with Gasteiger partial charge in [0.2, 0.25) is 11.5 Å². The molecule has 3 atom stereocenters. The summed E-state index contributed by atoms with van der Waals surface area (Å²) in [5.74, 6) is -5.87. The molecule has 1 fully saturated rings. The quantitative estimate of drug-likeness (QED) is 0.710. The maximum atomic E-state index is 13.2. The zero-order chi connectivity index (χ0) is 18.3. The number of Topliss-reactive ketones (excluding diaryl/α,β-unsaturated/α-hetero) is 1. The van der Waals surface area contributed by atoms with E-state index in [9.17, 15) is 41.0 Å². The summed E-state index contributed by atoms with van der Waals surface area (Å²) in [6.07, 6.45) is -11.4. The van der Waals surface area contributed by atoms with Gasteiger partial charge in [0.25, 0.3) is 0 Å². The molecule has 0 saturated carbocycles. The number of rotatable bonds is 2. The van der Waals surface area contributed by atoms with Gasteiger partial charge in [0.1, 0.15) is 5.92 Å². The lowest BCUT2D eigenvalue weighted by atomic mass is 9.79. The molecule has 5 nitrogen and oxygen atoms in total. The highest BCUT2D eigenvalue weighted by molar-refractivity contribution is 5.91. The van der Waals surface area contributed by atoms with Gasteiger partial charge in [-0.1, -0.05) is 30.3 Å². The van der Waals surface area contributed by atoms with Crippen LogP contribution in [0.2, 0.25) is 0 Å². The second-order valence-corrected chi connectivity index (χ2v) is 5.09. The number of urea groups is 1. The highest BCUT2D eigenvalue weighted by Crippen LogP contribution is 2.45. The normalized spacial score (nSPS) is 28.0. The zero-order valence-corrected chi connectivity index (χ0v) is 11.6. The van der Waals surface area contributed by atoms with Crippen molar-refractivity contribution in [2.45, 2.75) is 24.1 Å². The van der Waals surface area contributed by atoms with Crippen molar-refractivity contribution in [3.05, 3.63) is 35.9 Å². The van der Waals surface area contributed by atoms with Crippen molar-refractivity contribution in [1.29, 1.82) is 0 Å². The lowest BCUT2D eigenvalue weighted by Gasteiger charge is -2.45. The number of carbonyl (C=O) groups is 2. The lowest BCUT2D eigenvalue weighted by Crippen LogP contribution is -2.73. The minimum atomic E-state index is -5.72. The number of amides is 2. The molecule has 1 heterocycles. The number of ketones is 1. The molecule has 2 amide bonds. The zero-order valence-electron chi connectivity index (χ0n) is 11.6. The first kappa shape index (κ1) is 18.0. The molecule has 1 aromatic carbocycles. The van der Waals surface area contributed by atoms with E-state index in [1.165, 1.54) is 18.2 Å². The molecule has 1 aliphatic heterocycles. The Labute approximate surface area is 130 Å². The summed E-state index contributed by atoms with van der Waals surface area (Å²) in [6, 6.07) is 2.70. The molecular weight excluding hydrogens is 346 g/mol. The van der Waals surface area contributed by atoms with Gasteiger partial charge in [-0.2, -0.15) is 26.3 Å². The number of hydrogen-bond donors (Lipinski definition) is 3. The van der Waals surface area contributed by atoms with Crippen LogP contribution >= 0.6 is 0 Å². The van der Waals surface area contributed by atoms with Crippen LogP contribution in [0.4, 0.5) is 31.1 Å². The van der Waals surface area contributed by atoms with Crippen LogP contribution in [0.25, 0.3) is 0 Å². The van der Waals surface area contributed by atoms with Gasteiger partial charge in [-0.25, -0.2) is 4.79 Å². The number of benzene rings is 1. The van der Waals surface area contributed by atoms with Crippen molar-refractivity contribution >= 4 is 11.8 Å². The monoisotopic (exact) mass is 356 g/mol. The van der Waals surface area contributed by atoms with Crippen molar-refractivity contribution < 1.29 is 41.0 Å². The number of carbonyl (C=O) groups excluding carboxylic acids is 2. The molecule has 1 saturated heterocycles. The van der Waals surface area contributed by atoms with E-state index in [2.05, 4.69) is 0 Å². The van der Waals surface area contributed by atoms with Gasteiger partial charge in [-0.3, -0.25) is 4.79 Å². The van der Waals surface area contributed by atoms with Crippen LogP contribution < -0.4 is 10.6 Å². The van der Waals surface area contributed by atoms with E-state index < -0.39 is 41.9 Å². The van der Waals surface area contributed by atoms with Crippen molar-refractivity contribution in [2.24, 2.45) is 5.92 Å². The van der Waals surface area contributed by atoms with E-state index in [1.54, 1.807) is 0 Å². The molecule has 11 heteroatoms. The lowest BCUT2D eigenvalue weighted by molar-refractivity contribution is -0.295. The largest absolute Gasteiger partial charge is 0.450 e. The molecule has 3 N–H and O–H groups in total. The Morgan fingerprint density at radius 3 is 2.08 bits per heavy atom. The molecule has 0 bridgehead atoms. The second-order valence-electron chi connectivity index (χ2n) is 5.09. The highest BCUT2D eigenvalue weighted by atomic mass is 19.4. The number of alkyl halides is 6. The Morgan fingerprint density at radius 2 is 1.62 bits per heavy atom. The summed E-state index contributed by atoms with van der Waals surface area (Å²) < 4.78 is 77.9. The van der Waals surface area contributed by atoms with Crippen LogP contribution in [0.3, 0.4) is 0 Å². The number of hydrogen-bond acceptors (Lipinski definition) is 3. The van der Waals surface area contributed by atoms with Crippen LogP contribution in [-0.4, -0.2) is 35.0 Å². The van der Waals surface area contributed by atoms with Gasteiger partial charge >= 0.3 is 18.4 Å². The van der Waals surface area contributed by atoms with Crippen LogP contribution in [0.5, 0.6) is 0 Å². The summed E-state index contributed by atoms with van der Waals surface area (Å²) in [5.41, 5.74) is -4.57. The molecule has 1 aliphatic rings. The first-order chi connectivity index (χ1) is 10.9. The molecule has 0 aromatic heterocycles. The van der Waals surface area contributed by atoms with E-state index in [0.717, 1.165) is 17.4 Å². The molecule has 1 aromatic rings. The SMILES string of the molecule is O=C1N[C@H](c2ccccc2)[C@H](C(=O)C(F)(F)F)[C@](O)(C(F)(F)F)N1. The van der Waals surface area contributed by atoms with Crippen LogP contribution in [0.15, 0.2) is 30.3 Å². The van der Waals surface area contributed by atoms with Gasteiger partial charge in [-0.05, 0) is 5.56 Å². The predicted molar refractivity (Wildman–Crippen MR) is 66.4 cm³/mol. The van der Waals surface area contributed by atoms with E-state index in [4.69, 9.17) is 0 Å². The maximum absolute atomic E-state index is 13.2. The Morgan fingerprint density at radius 1 is 1.08 bits per heavy atom. The molecular formula is C13H10F6N2O3. The van der Waals surface area contributed by atoms with Crippen LogP contribution in [0.1, 0.15) is 11.6 Å². The second kappa shape index (κ2) is 5.65. The first-order valence-corrected chi connectivity index (χ1v) is 6.41. The van der Waals surface area contributed by atoms with E-state index >= 15 is 0 Å². The Kier molecular flexibility index (Phi) is 4.25. The van der Waals surface area contributed by atoms with Crippen molar-refractivity contribution in [3.8, 4) is 0 Å². The molecule has 0 radical (unpaired) electrons. The van der Waals surface area contributed by atoms with Crippen LogP contribution in [-0.2, 0) is 4.79 Å². The van der Waals surface area contributed by atoms with Crippen molar-refractivity contribution in [2.75, 3.05) is 0 Å². The van der Waals surface area contributed by atoms with Gasteiger partial charge in [0.15, 0.2) is 0 Å². The third-order valence-electron chi connectivity index (χ3n) is 3.53. The van der Waals surface area contributed by atoms with E-state index in [1.807, 2.05) is 5.32 Å². The number of nitrogens with one attached hydrogen (secondary N) is 2. The van der Waals surface area contributed by atoms with Gasteiger partial charge < -0.3 is 15.7 Å². The Hall–Kier alpha value is -2.30. The third kappa shape index (κ3) is 3.03. The van der Waals surface area contributed by atoms with Crippen molar-refractivity contribution in [1.82, 2.24) is 10.6 Å². The minimum absolute atomic E-state index is 0.197. The molecule has 0 unspecified atom stereocenters. The molecule has 0 aliphatic carbocycles. The number of halogens is 6. The molecule has 2 rings (SSSR count). The fraction of sp³-hybridized carbons (Fsp3) is 0.385. The first-order valence-electron chi connectivity index (χ1n) is 6.41. The molecule has 24 heavy (non-hydrogen) atoms. The highest BCUT2D eigenvalue weighted by Gasteiger charge is 2.69. The Bertz CT molecular complexity index is 645. The average molecular weight is 356 g/mol. The predicted octanol–water partition coefficient (Wildman–Crippen LogP) is 2.04.